The van der Waals surface area contributed by atoms with Crippen LogP contribution in [0.2, 0.25) is 0 Å². The highest BCUT2D eigenvalue weighted by Crippen LogP contribution is 2.31. The monoisotopic (exact) mass is 474 g/mol. The summed E-state index contributed by atoms with van der Waals surface area (Å²) >= 11 is 0. The Morgan fingerprint density at radius 3 is 2.85 bits per heavy atom. The number of ether oxygens (including phenoxy) is 1. The summed E-state index contributed by atoms with van der Waals surface area (Å²) in [4.78, 5) is 16.6. The Hall–Kier alpha value is -1.35. The van der Waals surface area contributed by atoms with E-state index >= 15 is 0 Å². The van der Waals surface area contributed by atoms with Crippen molar-refractivity contribution in [3.05, 3.63) is 29.8 Å². The lowest BCUT2D eigenvalue weighted by atomic mass is 9.91. The van der Waals surface area contributed by atoms with Gasteiger partial charge in [-0.25, -0.2) is 0 Å². The number of aliphatic imine (C=N–C) groups is 1. The topological polar surface area (TPSA) is 74.8 Å². The summed E-state index contributed by atoms with van der Waals surface area (Å²) in [5.74, 6) is 1.01. The number of fused-ring (bicyclic) bond motifs is 1. The number of hydrogen-bond acceptors (Lipinski definition) is 3. The van der Waals surface area contributed by atoms with Crippen LogP contribution in [0.15, 0.2) is 29.3 Å². The molecule has 0 fully saturated rings. The molecule has 7 heteroatoms. The van der Waals surface area contributed by atoms with Crippen LogP contribution in [-0.2, 0) is 9.53 Å². The maximum Gasteiger partial charge on any atom is 0.225 e. The van der Waals surface area contributed by atoms with Crippen LogP contribution in [0.25, 0.3) is 0 Å². The molecule has 0 bridgehead atoms. The molecule has 3 N–H and O–H groups in total. The Kier molecular flexibility index (Phi) is 11.3. The molecule has 0 saturated heterocycles. The minimum atomic E-state index is 0. The number of carbonyl (C=O) groups excluding carboxylic acids is 1. The molecule has 1 aromatic rings. The smallest absolute Gasteiger partial charge is 0.225 e. The van der Waals surface area contributed by atoms with E-state index in [-0.39, 0.29) is 35.8 Å². The van der Waals surface area contributed by atoms with E-state index in [0.717, 1.165) is 50.6 Å². The lowest BCUT2D eigenvalue weighted by Gasteiger charge is -2.24. The minimum Gasteiger partial charge on any atom is -0.385 e. The van der Waals surface area contributed by atoms with Crippen LogP contribution >= 0.6 is 24.0 Å². The van der Waals surface area contributed by atoms with Gasteiger partial charge in [0.2, 0.25) is 5.91 Å². The fourth-order valence-electron chi connectivity index (χ4n) is 2.96. The molecular formula is C19H31IN4O2. The molecule has 1 aliphatic rings. The minimum absolute atomic E-state index is 0. The van der Waals surface area contributed by atoms with Gasteiger partial charge in [-0.2, -0.15) is 0 Å². The molecule has 0 aromatic heterocycles. The molecule has 1 unspecified atom stereocenters. The summed E-state index contributed by atoms with van der Waals surface area (Å²) in [5, 5.41) is 9.58. The largest absolute Gasteiger partial charge is 0.385 e. The van der Waals surface area contributed by atoms with Gasteiger partial charge in [0.05, 0.1) is 6.54 Å². The first-order valence-corrected chi connectivity index (χ1v) is 9.14. The molecule has 0 aliphatic carbocycles. The molecule has 2 rings (SSSR count). The number of benzene rings is 1. The van der Waals surface area contributed by atoms with Gasteiger partial charge in [0.1, 0.15) is 0 Å². The van der Waals surface area contributed by atoms with E-state index < -0.39 is 0 Å². The van der Waals surface area contributed by atoms with E-state index in [1.54, 1.807) is 7.11 Å². The number of methoxy groups -OCH3 is 1. The average Bonchev–Trinajstić information content (AvgIpc) is 2.62. The lowest BCUT2D eigenvalue weighted by Crippen LogP contribution is -2.38. The fourth-order valence-corrected chi connectivity index (χ4v) is 2.96. The van der Waals surface area contributed by atoms with Gasteiger partial charge in [-0.05, 0) is 37.8 Å². The van der Waals surface area contributed by atoms with E-state index in [1.165, 1.54) is 5.56 Å². The molecule has 1 amide bonds. The van der Waals surface area contributed by atoms with Gasteiger partial charge < -0.3 is 20.7 Å². The van der Waals surface area contributed by atoms with E-state index in [4.69, 9.17) is 9.73 Å². The second-order valence-corrected chi connectivity index (χ2v) is 6.24. The molecule has 6 nitrogen and oxygen atoms in total. The summed E-state index contributed by atoms with van der Waals surface area (Å²) in [6.45, 7) is 5.18. The Bertz CT molecular complexity index is 580. The van der Waals surface area contributed by atoms with Crippen LogP contribution in [0.1, 0.15) is 44.1 Å². The summed E-state index contributed by atoms with van der Waals surface area (Å²) in [7, 11) is 1.73. The second kappa shape index (κ2) is 12.9. The van der Waals surface area contributed by atoms with E-state index in [1.807, 2.05) is 18.2 Å². The van der Waals surface area contributed by atoms with Crippen LogP contribution in [0.3, 0.4) is 0 Å². The normalized spacial score (nSPS) is 16.3. The molecule has 26 heavy (non-hydrogen) atoms. The average molecular weight is 474 g/mol. The van der Waals surface area contributed by atoms with Crippen molar-refractivity contribution in [1.82, 2.24) is 10.6 Å². The Balaban J connectivity index is 0.00000338. The quantitative estimate of drug-likeness (QED) is 0.223. The first-order valence-electron chi connectivity index (χ1n) is 9.14. The van der Waals surface area contributed by atoms with Gasteiger partial charge >= 0.3 is 0 Å². The SMILES string of the molecule is CCNC(=NCC1CC(=O)Nc2ccccc21)NCCCCCOC.I. The number of amides is 1. The molecule has 0 radical (unpaired) electrons. The number of anilines is 1. The predicted molar refractivity (Wildman–Crippen MR) is 118 cm³/mol. The van der Waals surface area contributed by atoms with E-state index in [2.05, 4.69) is 28.9 Å². The highest BCUT2D eigenvalue weighted by atomic mass is 127. The van der Waals surface area contributed by atoms with Crippen LogP contribution in [0.4, 0.5) is 5.69 Å². The fraction of sp³-hybridized carbons (Fsp3) is 0.579. The number of para-hydroxylation sites is 1. The zero-order valence-corrected chi connectivity index (χ0v) is 18.0. The van der Waals surface area contributed by atoms with Gasteiger partial charge in [0, 0.05) is 44.8 Å². The number of carbonyl (C=O) groups is 1. The van der Waals surface area contributed by atoms with Crippen molar-refractivity contribution in [2.24, 2.45) is 4.99 Å². The van der Waals surface area contributed by atoms with Gasteiger partial charge in [0.15, 0.2) is 5.96 Å². The predicted octanol–water partition coefficient (Wildman–Crippen LogP) is 3.10. The second-order valence-electron chi connectivity index (χ2n) is 6.24. The van der Waals surface area contributed by atoms with E-state index in [9.17, 15) is 4.79 Å². The van der Waals surface area contributed by atoms with Crippen molar-refractivity contribution in [2.75, 3.05) is 38.7 Å². The Morgan fingerprint density at radius 2 is 2.08 bits per heavy atom. The van der Waals surface area contributed by atoms with Gasteiger partial charge in [-0.1, -0.05) is 18.2 Å². The Labute approximate surface area is 173 Å². The van der Waals surface area contributed by atoms with Crippen molar-refractivity contribution >= 4 is 41.5 Å². The highest BCUT2D eigenvalue weighted by molar-refractivity contribution is 14.0. The Morgan fingerprint density at radius 1 is 1.27 bits per heavy atom. The standard InChI is InChI=1S/C19H30N4O2.HI/c1-3-20-19(21-11-7-4-8-12-25-2)22-14-15-13-18(24)23-17-10-6-5-9-16(15)17;/h5-6,9-10,15H,3-4,7-8,11-14H2,1-2H3,(H,23,24)(H2,20,21,22);1H. The summed E-state index contributed by atoms with van der Waals surface area (Å²) in [5.41, 5.74) is 2.08. The zero-order valence-electron chi connectivity index (χ0n) is 15.7. The van der Waals surface area contributed by atoms with Gasteiger partial charge in [-0.3, -0.25) is 9.79 Å². The number of unbranched alkanes of at least 4 members (excludes halogenated alkanes) is 2. The zero-order chi connectivity index (χ0) is 17.9. The van der Waals surface area contributed by atoms with Crippen molar-refractivity contribution in [3.63, 3.8) is 0 Å². The third-order valence-corrected chi connectivity index (χ3v) is 4.24. The number of nitrogens with zero attached hydrogens (tertiary/aromatic N) is 1. The first kappa shape index (κ1) is 22.7. The van der Waals surface area contributed by atoms with Gasteiger partial charge in [-0.15, -0.1) is 24.0 Å². The van der Waals surface area contributed by atoms with Crippen LogP contribution in [0.5, 0.6) is 0 Å². The van der Waals surface area contributed by atoms with Crippen molar-refractivity contribution in [2.45, 2.75) is 38.5 Å². The third kappa shape index (κ3) is 7.49. The van der Waals surface area contributed by atoms with Gasteiger partial charge in [0.25, 0.3) is 0 Å². The number of hydrogen-bond donors (Lipinski definition) is 3. The number of rotatable bonds is 9. The van der Waals surface area contributed by atoms with E-state index in [0.29, 0.717) is 13.0 Å². The summed E-state index contributed by atoms with van der Waals surface area (Å²) < 4.78 is 5.06. The number of guanidine groups is 1. The number of nitrogens with one attached hydrogen (secondary N) is 3. The lowest BCUT2D eigenvalue weighted by molar-refractivity contribution is -0.116. The molecule has 1 aliphatic heterocycles. The van der Waals surface area contributed by atoms with Crippen molar-refractivity contribution in [3.8, 4) is 0 Å². The number of halogens is 1. The summed E-state index contributed by atoms with van der Waals surface area (Å²) in [6.07, 6.45) is 3.79. The molecular weight excluding hydrogens is 443 g/mol. The third-order valence-electron chi connectivity index (χ3n) is 4.24. The maximum absolute atomic E-state index is 11.9. The summed E-state index contributed by atoms with van der Waals surface area (Å²) in [6, 6.07) is 7.98. The molecule has 1 aromatic carbocycles. The molecule has 1 atom stereocenters. The van der Waals surface area contributed by atoms with Crippen LogP contribution in [0, 0.1) is 0 Å². The maximum atomic E-state index is 11.9. The van der Waals surface area contributed by atoms with Crippen LogP contribution < -0.4 is 16.0 Å². The van der Waals surface area contributed by atoms with Crippen molar-refractivity contribution < 1.29 is 9.53 Å². The first-order chi connectivity index (χ1) is 12.2. The molecule has 1 heterocycles. The molecule has 0 spiro atoms. The van der Waals surface area contributed by atoms with Crippen molar-refractivity contribution in [1.29, 1.82) is 0 Å². The van der Waals surface area contributed by atoms with Crippen LogP contribution in [-0.4, -0.2) is 45.2 Å². The highest BCUT2D eigenvalue weighted by Gasteiger charge is 2.24. The molecule has 146 valence electrons. The molecule has 0 saturated carbocycles.